The fourth-order valence-electron chi connectivity index (χ4n) is 4.56. The molecule has 1 saturated heterocycles. The molecule has 1 unspecified atom stereocenters. The van der Waals surface area contributed by atoms with Gasteiger partial charge in [0.2, 0.25) is 5.91 Å². The van der Waals surface area contributed by atoms with Crippen molar-refractivity contribution < 1.29 is 4.79 Å². The Balaban J connectivity index is 1.61. The van der Waals surface area contributed by atoms with Crippen molar-refractivity contribution in [2.75, 3.05) is 19.6 Å². The molecular weight excluding hydrogens is 418 g/mol. The Bertz CT molecular complexity index is 1130. The van der Waals surface area contributed by atoms with Gasteiger partial charge in [0.05, 0.1) is 12.0 Å². The molecule has 32 heavy (non-hydrogen) atoms. The topological polar surface area (TPSA) is 45.2 Å². The van der Waals surface area contributed by atoms with Crippen molar-refractivity contribution in [3.05, 3.63) is 89.2 Å². The van der Waals surface area contributed by atoms with Crippen LogP contribution in [0.15, 0.2) is 73.1 Å². The number of hydrogen-bond donors (Lipinski definition) is 1. The SMILES string of the molecule is C#CCNC(=O)C1(Cc2ccccc2-c2cccnc2)CCN(Cc2cccc(Cl)c2)C1. The Labute approximate surface area is 194 Å². The smallest absolute Gasteiger partial charge is 0.228 e. The molecule has 1 fully saturated rings. The average molecular weight is 444 g/mol. The molecule has 1 amide bonds. The third-order valence-corrected chi connectivity index (χ3v) is 6.31. The minimum absolute atomic E-state index is 0.0185. The molecule has 2 aromatic carbocycles. The van der Waals surface area contributed by atoms with Gasteiger partial charge in [0.1, 0.15) is 0 Å². The third kappa shape index (κ3) is 5.02. The zero-order valence-corrected chi connectivity index (χ0v) is 18.7. The van der Waals surface area contributed by atoms with Crippen LogP contribution in [-0.4, -0.2) is 35.4 Å². The first kappa shape index (κ1) is 22.1. The van der Waals surface area contributed by atoms with Crippen LogP contribution in [0.4, 0.5) is 0 Å². The predicted octanol–water partition coefficient (Wildman–Crippen LogP) is 4.59. The molecule has 5 heteroatoms. The summed E-state index contributed by atoms with van der Waals surface area (Å²) in [6, 6.07) is 20.1. The molecular formula is C27H26ClN3O. The van der Waals surface area contributed by atoms with Crippen LogP contribution >= 0.6 is 11.6 Å². The van der Waals surface area contributed by atoms with Crippen molar-refractivity contribution in [1.82, 2.24) is 15.2 Å². The van der Waals surface area contributed by atoms with E-state index in [1.54, 1.807) is 6.20 Å². The summed E-state index contributed by atoms with van der Waals surface area (Å²) in [5.41, 5.74) is 3.90. The van der Waals surface area contributed by atoms with Crippen molar-refractivity contribution in [2.24, 2.45) is 5.41 Å². The highest BCUT2D eigenvalue weighted by Crippen LogP contribution is 2.38. The van der Waals surface area contributed by atoms with Gasteiger partial charge in [-0.05, 0) is 54.3 Å². The number of benzene rings is 2. The van der Waals surface area contributed by atoms with Crippen molar-refractivity contribution in [3.63, 3.8) is 0 Å². The zero-order chi connectivity index (χ0) is 22.4. The van der Waals surface area contributed by atoms with Gasteiger partial charge in [-0.1, -0.05) is 60.0 Å². The highest BCUT2D eigenvalue weighted by atomic mass is 35.5. The van der Waals surface area contributed by atoms with E-state index in [2.05, 4.69) is 45.4 Å². The molecule has 0 saturated carbocycles. The minimum Gasteiger partial charge on any atom is -0.345 e. The lowest BCUT2D eigenvalue weighted by atomic mass is 9.78. The molecule has 0 radical (unpaired) electrons. The summed E-state index contributed by atoms with van der Waals surface area (Å²) in [6.45, 7) is 2.50. The average Bonchev–Trinajstić information content (AvgIpc) is 3.22. The molecule has 1 N–H and O–H groups in total. The highest BCUT2D eigenvalue weighted by Gasteiger charge is 2.44. The van der Waals surface area contributed by atoms with Gasteiger partial charge >= 0.3 is 0 Å². The summed E-state index contributed by atoms with van der Waals surface area (Å²) >= 11 is 6.17. The van der Waals surface area contributed by atoms with Gasteiger partial charge in [-0.2, -0.15) is 0 Å². The predicted molar refractivity (Wildman–Crippen MR) is 129 cm³/mol. The lowest BCUT2D eigenvalue weighted by Crippen LogP contribution is -2.44. The second kappa shape index (κ2) is 9.99. The van der Waals surface area contributed by atoms with Crippen LogP contribution in [-0.2, 0) is 17.8 Å². The first-order chi connectivity index (χ1) is 15.6. The summed E-state index contributed by atoms with van der Waals surface area (Å²) in [6.07, 6.45) is 10.5. The fourth-order valence-corrected chi connectivity index (χ4v) is 4.77. The number of amides is 1. The Morgan fingerprint density at radius 3 is 2.84 bits per heavy atom. The van der Waals surface area contributed by atoms with E-state index in [1.807, 2.05) is 42.6 Å². The molecule has 0 spiro atoms. The number of nitrogens with one attached hydrogen (secondary N) is 1. The van der Waals surface area contributed by atoms with Crippen molar-refractivity contribution in [2.45, 2.75) is 19.4 Å². The van der Waals surface area contributed by atoms with E-state index in [1.165, 1.54) is 0 Å². The van der Waals surface area contributed by atoms with Crippen LogP contribution in [0.1, 0.15) is 17.5 Å². The number of aromatic nitrogens is 1. The van der Waals surface area contributed by atoms with Crippen LogP contribution in [0.3, 0.4) is 0 Å². The van der Waals surface area contributed by atoms with Gasteiger partial charge in [-0.3, -0.25) is 14.7 Å². The summed E-state index contributed by atoms with van der Waals surface area (Å²) in [5.74, 6) is 2.55. The summed E-state index contributed by atoms with van der Waals surface area (Å²) in [5, 5.41) is 3.68. The van der Waals surface area contributed by atoms with Crippen LogP contribution in [0.25, 0.3) is 11.1 Å². The molecule has 3 aromatic rings. The second-order valence-electron chi connectivity index (χ2n) is 8.33. The lowest BCUT2D eigenvalue weighted by molar-refractivity contribution is -0.130. The number of hydrogen-bond acceptors (Lipinski definition) is 3. The Kier molecular flexibility index (Phi) is 6.90. The largest absolute Gasteiger partial charge is 0.345 e. The fraction of sp³-hybridized carbons (Fsp3) is 0.259. The molecule has 1 aliphatic heterocycles. The van der Waals surface area contributed by atoms with Crippen molar-refractivity contribution in [3.8, 4) is 23.5 Å². The number of terminal acetylenes is 1. The van der Waals surface area contributed by atoms with Gasteiger partial charge in [0.25, 0.3) is 0 Å². The standard InChI is InChI=1S/C27H26ClN3O/c1-2-13-30-26(32)27(12-15-31(20-27)19-21-7-5-10-24(28)16-21)17-22-8-3-4-11-25(22)23-9-6-14-29-18-23/h1,3-11,14,16,18H,12-13,15,17,19-20H2,(H,30,32). The number of halogens is 1. The molecule has 2 heterocycles. The van der Waals surface area contributed by atoms with Crippen LogP contribution in [0.5, 0.6) is 0 Å². The van der Waals surface area contributed by atoms with E-state index >= 15 is 0 Å². The number of carbonyl (C=O) groups is 1. The first-order valence-corrected chi connectivity index (χ1v) is 11.1. The number of rotatable bonds is 7. The van der Waals surface area contributed by atoms with Crippen LogP contribution in [0.2, 0.25) is 5.02 Å². The molecule has 4 nitrogen and oxygen atoms in total. The molecule has 1 aromatic heterocycles. The van der Waals surface area contributed by atoms with Crippen molar-refractivity contribution >= 4 is 17.5 Å². The van der Waals surface area contributed by atoms with Crippen molar-refractivity contribution in [1.29, 1.82) is 0 Å². The Morgan fingerprint density at radius 1 is 1.19 bits per heavy atom. The molecule has 0 aliphatic carbocycles. The summed E-state index contributed by atoms with van der Waals surface area (Å²) < 4.78 is 0. The maximum absolute atomic E-state index is 13.4. The number of nitrogens with zero attached hydrogens (tertiary/aromatic N) is 2. The lowest BCUT2D eigenvalue weighted by Gasteiger charge is -2.29. The third-order valence-electron chi connectivity index (χ3n) is 6.08. The van der Waals surface area contributed by atoms with E-state index in [0.717, 1.165) is 46.8 Å². The Hall–Kier alpha value is -3.13. The molecule has 162 valence electrons. The van der Waals surface area contributed by atoms with E-state index in [0.29, 0.717) is 13.0 Å². The maximum atomic E-state index is 13.4. The van der Waals surface area contributed by atoms with Gasteiger partial charge in [0.15, 0.2) is 0 Å². The molecule has 1 aliphatic rings. The van der Waals surface area contributed by atoms with E-state index in [9.17, 15) is 4.79 Å². The van der Waals surface area contributed by atoms with Crippen LogP contribution in [0, 0.1) is 17.8 Å². The minimum atomic E-state index is -0.548. The molecule has 0 bridgehead atoms. The van der Waals surface area contributed by atoms with E-state index < -0.39 is 5.41 Å². The van der Waals surface area contributed by atoms with E-state index in [-0.39, 0.29) is 12.5 Å². The van der Waals surface area contributed by atoms with Crippen LogP contribution < -0.4 is 5.32 Å². The van der Waals surface area contributed by atoms with E-state index in [4.69, 9.17) is 18.0 Å². The van der Waals surface area contributed by atoms with Gasteiger partial charge in [0, 0.05) is 36.1 Å². The quantitative estimate of drug-likeness (QED) is 0.543. The number of pyridine rings is 1. The summed E-state index contributed by atoms with van der Waals surface area (Å²) in [7, 11) is 0. The number of carbonyl (C=O) groups excluding carboxylic acids is 1. The van der Waals surface area contributed by atoms with Gasteiger partial charge in [-0.25, -0.2) is 0 Å². The molecule has 1 atom stereocenters. The monoisotopic (exact) mass is 443 g/mol. The zero-order valence-electron chi connectivity index (χ0n) is 17.9. The van der Waals surface area contributed by atoms with Gasteiger partial charge < -0.3 is 5.32 Å². The van der Waals surface area contributed by atoms with Gasteiger partial charge in [-0.15, -0.1) is 6.42 Å². The number of likely N-dealkylation sites (tertiary alicyclic amines) is 1. The summed E-state index contributed by atoms with van der Waals surface area (Å²) in [4.78, 5) is 20.0. The first-order valence-electron chi connectivity index (χ1n) is 10.8. The second-order valence-corrected chi connectivity index (χ2v) is 8.77. The maximum Gasteiger partial charge on any atom is 0.228 e. The normalized spacial score (nSPS) is 18.2. The highest BCUT2D eigenvalue weighted by molar-refractivity contribution is 6.30. The molecule has 4 rings (SSSR count). The Morgan fingerprint density at radius 2 is 2.06 bits per heavy atom.